The molecular weight excluding hydrogens is 292 g/mol. The summed E-state index contributed by atoms with van der Waals surface area (Å²) in [4.78, 5) is 8.53. The van der Waals surface area contributed by atoms with Gasteiger partial charge in [0, 0.05) is 16.8 Å². The first-order chi connectivity index (χ1) is 9.81. The third-order valence-electron chi connectivity index (χ3n) is 2.66. The Morgan fingerprint density at radius 2 is 1.90 bits per heavy atom. The molecule has 0 aliphatic carbocycles. The Balaban J connectivity index is 1.69. The van der Waals surface area contributed by atoms with E-state index in [1.54, 1.807) is 24.2 Å². The van der Waals surface area contributed by atoms with Crippen LogP contribution in [0, 0.1) is 0 Å². The molecule has 0 saturated heterocycles. The number of hydrogen-bond donors (Lipinski definition) is 0. The number of benzene rings is 1. The quantitative estimate of drug-likeness (QED) is 0.656. The highest BCUT2D eigenvalue weighted by Crippen LogP contribution is 2.25. The number of rotatable bonds is 4. The van der Waals surface area contributed by atoms with Crippen molar-refractivity contribution >= 4 is 23.4 Å². The SMILES string of the molecule is Clc1ccc(-c2cnc(CSc3ccccn3)o2)cc1. The van der Waals surface area contributed by atoms with Crippen LogP contribution in [-0.2, 0) is 5.75 Å². The molecule has 0 fully saturated rings. The van der Waals surface area contributed by atoms with Crippen LogP contribution in [0.2, 0.25) is 5.02 Å². The summed E-state index contributed by atoms with van der Waals surface area (Å²) in [6.07, 6.45) is 3.51. The van der Waals surface area contributed by atoms with Gasteiger partial charge in [0.2, 0.25) is 5.89 Å². The lowest BCUT2D eigenvalue weighted by molar-refractivity contribution is 0.530. The second-order valence-corrected chi connectivity index (χ2v) is 5.51. The molecule has 2 heterocycles. The molecule has 0 atom stereocenters. The molecule has 1 aromatic carbocycles. The first-order valence-corrected chi connectivity index (χ1v) is 7.42. The Morgan fingerprint density at radius 3 is 2.65 bits per heavy atom. The Labute approximate surface area is 126 Å². The average molecular weight is 303 g/mol. The summed E-state index contributed by atoms with van der Waals surface area (Å²) in [7, 11) is 0. The summed E-state index contributed by atoms with van der Waals surface area (Å²) >= 11 is 7.46. The van der Waals surface area contributed by atoms with Crippen molar-refractivity contribution in [1.29, 1.82) is 0 Å². The fourth-order valence-electron chi connectivity index (χ4n) is 1.69. The van der Waals surface area contributed by atoms with Crippen LogP contribution in [0.25, 0.3) is 11.3 Å². The summed E-state index contributed by atoms with van der Waals surface area (Å²) in [5, 5.41) is 1.66. The monoisotopic (exact) mass is 302 g/mol. The second-order valence-electron chi connectivity index (χ2n) is 4.08. The van der Waals surface area contributed by atoms with Crippen molar-refractivity contribution in [3.63, 3.8) is 0 Å². The highest BCUT2D eigenvalue weighted by molar-refractivity contribution is 7.98. The van der Waals surface area contributed by atoms with Crippen molar-refractivity contribution in [2.45, 2.75) is 10.8 Å². The number of halogens is 1. The van der Waals surface area contributed by atoms with Gasteiger partial charge < -0.3 is 4.42 Å². The van der Waals surface area contributed by atoms with E-state index in [4.69, 9.17) is 16.0 Å². The van der Waals surface area contributed by atoms with Crippen molar-refractivity contribution in [1.82, 2.24) is 9.97 Å². The van der Waals surface area contributed by atoms with Gasteiger partial charge in [0.25, 0.3) is 0 Å². The number of aromatic nitrogens is 2. The molecule has 0 bridgehead atoms. The van der Waals surface area contributed by atoms with Gasteiger partial charge in [-0.2, -0.15) is 0 Å². The van der Waals surface area contributed by atoms with E-state index in [1.165, 1.54) is 0 Å². The molecule has 0 radical (unpaired) electrons. The van der Waals surface area contributed by atoms with Crippen molar-refractivity contribution in [3.05, 3.63) is 65.8 Å². The maximum atomic E-state index is 5.87. The minimum Gasteiger partial charge on any atom is -0.440 e. The lowest BCUT2D eigenvalue weighted by Gasteiger charge is -1.97. The zero-order chi connectivity index (χ0) is 13.8. The summed E-state index contributed by atoms with van der Waals surface area (Å²) in [6.45, 7) is 0. The third-order valence-corrected chi connectivity index (χ3v) is 3.84. The van der Waals surface area contributed by atoms with Crippen molar-refractivity contribution in [2.24, 2.45) is 0 Å². The number of thioether (sulfide) groups is 1. The molecule has 3 nitrogen and oxygen atoms in total. The predicted octanol–water partition coefficient (Wildman–Crippen LogP) is 4.68. The van der Waals surface area contributed by atoms with Crippen molar-refractivity contribution < 1.29 is 4.42 Å². The lowest BCUT2D eigenvalue weighted by atomic mass is 10.2. The summed E-state index contributed by atoms with van der Waals surface area (Å²) < 4.78 is 5.73. The Bertz CT molecular complexity index is 683. The van der Waals surface area contributed by atoms with E-state index in [-0.39, 0.29) is 0 Å². The number of oxazole rings is 1. The molecular formula is C15H11ClN2OS. The molecule has 0 amide bonds. The minimum absolute atomic E-state index is 0.657. The van der Waals surface area contributed by atoms with Gasteiger partial charge in [-0.15, -0.1) is 0 Å². The van der Waals surface area contributed by atoms with Crippen LogP contribution in [0.3, 0.4) is 0 Å². The summed E-state index contributed by atoms with van der Waals surface area (Å²) in [5.74, 6) is 2.09. The normalized spacial score (nSPS) is 10.7. The van der Waals surface area contributed by atoms with Gasteiger partial charge >= 0.3 is 0 Å². The average Bonchev–Trinajstić information content (AvgIpc) is 2.96. The molecule has 0 N–H and O–H groups in total. The van der Waals surface area contributed by atoms with Crippen molar-refractivity contribution in [3.8, 4) is 11.3 Å². The molecule has 0 spiro atoms. The molecule has 0 aliphatic heterocycles. The minimum atomic E-state index is 0.657. The van der Waals surface area contributed by atoms with Crippen LogP contribution in [0.4, 0.5) is 0 Å². The molecule has 0 unspecified atom stereocenters. The van der Waals surface area contributed by atoms with Gasteiger partial charge in [-0.05, 0) is 36.4 Å². The Hall–Kier alpha value is -1.78. The highest BCUT2D eigenvalue weighted by atomic mass is 35.5. The zero-order valence-electron chi connectivity index (χ0n) is 10.5. The van der Waals surface area contributed by atoms with Crippen LogP contribution >= 0.6 is 23.4 Å². The van der Waals surface area contributed by atoms with Gasteiger partial charge in [-0.25, -0.2) is 9.97 Å². The van der Waals surface area contributed by atoms with Gasteiger partial charge in [0.05, 0.1) is 17.0 Å². The van der Waals surface area contributed by atoms with E-state index in [0.717, 1.165) is 16.3 Å². The maximum absolute atomic E-state index is 5.87. The molecule has 5 heteroatoms. The molecule has 20 heavy (non-hydrogen) atoms. The molecule has 3 rings (SSSR count). The summed E-state index contributed by atoms with van der Waals surface area (Å²) in [6, 6.07) is 13.3. The number of hydrogen-bond acceptors (Lipinski definition) is 4. The third kappa shape index (κ3) is 3.21. The van der Waals surface area contributed by atoms with Gasteiger partial charge in [0.1, 0.15) is 0 Å². The van der Waals surface area contributed by atoms with E-state index >= 15 is 0 Å². The van der Waals surface area contributed by atoms with Crippen LogP contribution in [0.15, 0.2) is 64.3 Å². The van der Waals surface area contributed by atoms with Crippen LogP contribution in [0.5, 0.6) is 0 Å². The fraction of sp³-hybridized carbons (Fsp3) is 0.0667. The van der Waals surface area contributed by atoms with Gasteiger partial charge in [-0.3, -0.25) is 0 Å². The largest absolute Gasteiger partial charge is 0.440 e. The second kappa shape index (κ2) is 6.11. The fourth-order valence-corrected chi connectivity index (χ4v) is 2.53. The molecule has 3 aromatic rings. The van der Waals surface area contributed by atoms with Crippen LogP contribution in [-0.4, -0.2) is 9.97 Å². The Morgan fingerprint density at radius 1 is 1.05 bits per heavy atom. The molecule has 0 saturated carbocycles. The highest BCUT2D eigenvalue weighted by Gasteiger charge is 2.07. The number of nitrogens with zero attached hydrogens (tertiary/aromatic N) is 2. The standard InChI is InChI=1S/C15H11ClN2OS/c16-12-6-4-11(5-7-12)13-9-18-14(19-13)10-20-15-3-1-2-8-17-15/h1-9H,10H2. The van der Waals surface area contributed by atoms with Crippen molar-refractivity contribution in [2.75, 3.05) is 0 Å². The molecule has 2 aromatic heterocycles. The van der Waals surface area contributed by atoms with Gasteiger partial charge in [-0.1, -0.05) is 29.4 Å². The van der Waals surface area contributed by atoms with E-state index in [2.05, 4.69) is 9.97 Å². The van der Waals surface area contributed by atoms with Crippen LogP contribution < -0.4 is 0 Å². The summed E-state index contributed by atoms with van der Waals surface area (Å²) in [5.41, 5.74) is 0.969. The number of pyridine rings is 1. The van der Waals surface area contributed by atoms with E-state index in [1.807, 2.05) is 42.5 Å². The smallest absolute Gasteiger partial charge is 0.205 e. The van der Waals surface area contributed by atoms with E-state index in [0.29, 0.717) is 16.7 Å². The maximum Gasteiger partial charge on any atom is 0.205 e. The van der Waals surface area contributed by atoms with Crippen LogP contribution in [0.1, 0.15) is 5.89 Å². The zero-order valence-corrected chi connectivity index (χ0v) is 12.1. The molecule has 0 aliphatic rings. The predicted molar refractivity (Wildman–Crippen MR) is 80.7 cm³/mol. The first-order valence-electron chi connectivity index (χ1n) is 6.06. The van der Waals surface area contributed by atoms with E-state index in [9.17, 15) is 0 Å². The molecule has 100 valence electrons. The Kier molecular flexibility index (Phi) is 4.04. The topological polar surface area (TPSA) is 38.9 Å². The first kappa shape index (κ1) is 13.2. The lowest BCUT2D eigenvalue weighted by Crippen LogP contribution is -1.81. The van der Waals surface area contributed by atoms with E-state index < -0.39 is 0 Å². The van der Waals surface area contributed by atoms with Gasteiger partial charge in [0.15, 0.2) is 5.76 Å².